The summed E-state index contributed by atoms with van der Waals surface area (Å²) in [5.41, 5.74) is 1.34. The number of rotatable bonds is 3. The zero-order chi connectivity index (χ0) is 8.10. The van der Waals surface area contributed by atoms with E-state index < -0.39 is 0 Å². The molecule has 2 heteroatoms. The van der Waals surface area contributed by atoms with Gasteiger partial charge in [0.05, 0.1) is 0 Å². The van der Waals surface area contributed by atoms with Crippen LogP contribution in [-0.2, 0) is 0 Å². The lowest BCUT2D eigenvalue weighted by molar-refractivity contribution is 1.37. The third-order valence-corrected chi connectivity index (χ3v) is 3.70. The van der Waals surface area contributed by atoms with Crippen LogP contribution in [0.25, 0.3) is 0 Å². The number of aryl methyl sites for hydroxylation is 1. The Kier molecular flexibility index (Phi) is 3.87. The van der Waals surface area contributed by atoms with Crippen molar-refractivity contribution in [2.24, 2.45) is 0 Å². The highest BCUT2D eigenvalue weighted by Gasteiger charge is 1.91. The van der Waals surface area contributed by atoms with Gasteiger partial charge in [0.1, 0.15) is 0 Å². The monoisotopic (exact) mass is 184 g/mol. The quantitative estimate of drug-likeness (QED) is 0.656. The Morgan fingerprint density at radius 2 is 2.18 bits per heavy atom. The second-order valence-corrected chi connectivity index (χ2v) is 4.96. The third kappa shape index (κ3) is 3.21. The molecule has 0 aliphatic heterocycles. The average Bonchev–Trinajstić information content (AvgIpc) is 2.01. The summed E-state index contributed by atoms with van der Waals surface area (Å²) in [7, 11) is 3.74. The fraction of sp³-hybridized carbons (Fsp3) is 0.333. The molecule has 0 fully saturated rings. The van der Waals surface area contributed by atoms with E-state index in [9.17, 15) is 0 Å². The summed E-state index contributed by atoms with van der Waals surface area (Å²) in [5, 5.41) is 0. The summed E-state index contributed by atoms with van der Waals surface area (Å²) >= 11 is 0. The predicted molar refractivity (Wildman–Crippen MR) is 55.2 cm³/mol. The summed E-state index contributed by atoms with van der Waals surface area (Å²) in [6.07, 6.45) is 0. The minimum Gasteiger partial charge on any atom is -0.0892 e. The van der Waals surface area contributed by atoms with Crippen molar-refractivity contribution >= 4 is 21.6 Å². The van der Waals surface area contributed by atoms with Crippen LogP contribution < -0.4 is 0 Å². The molecule has 0 saturated heterocycles. The largest absolute Gasteiger partial charge is 0.0892 e. The first-order valence-corrected chi connectivity index (χ1v) is 6.01. The van der Waals surface area contributed by atoms with E-state index >= 15 is 0 Å². The highest BCUT2D eigenvalue weighted by atomic mass is 33.1. The molecule has 0 amide bonds. The molecule has 0 N–H and O–H groups in total. The Morgan fingerprint density at radius 1 is 1.36 bits per heavy atom. The maximum Gasteiger partial charge on any atom is 0.0185 e. The summed E-state index contributed by atoms with van der Waals surface area (Å²) < 4.78 is 0. The molecule has 0 radical (unpaired) electrons. The topological polar surface area (TPSA) is 0 Å². The highest BCUT2D eigenvalue weighted by Crippen LogP contribution is 2.30. The van der Waals surface area contributed by atoms with E-state index in [1.165, 1.54) is 16.2 Å². The molecule has 1 rings (SSSR count). The van der Waals surface area contributed by atoms with Crippen molar-refractivity contribution in [1.82, 2.24) is 0 Å². The minimum absolute atomic E-state index is 1.17. The Balaban J connectivity index is 2.56. The van der Waals surface area contributed by atoms with Crippen molar-refractivity contribution in [2.75, 3.05) is 5.75 Å². The smallest absolute Gasteiger partial charge is 0.0185 e. The van der Waals surface area contributed by atoms with Crippen molar-refractivity contribution in [3.63, 3.8) is 0 Å². The van der Waals surface area contributed by atoms with Crippen LogP contribution in [0.15, 0.2) is 29.2 Å². The molecule has 0 saturated carbocycles. The Labute approximate surface area is 76.2 Å². The van der Waals surface area contributed by atoms with E-state index in [2.05, 4.69) is 38.1 Å². The maximum absolute atomic E-state index is 2.22. The van der Waals surface area contributed by atoms with Gasteiger partial charge in [0.2, 0.25) is 0 Å². The Hall–Kier alpha value is -0.0800. The molecule has 11 heavy (non-hydrogen) atoms. The molecule has 0 spiro atoms. The van der Waals surface area contributed by atoms with Gasteiger partial charge in [0, 0.05) is 10.6 Å². The first-order valence-electron chi connectivity index (χ1n) is 3.69. The van der Waals surface area contributed by atoms with Gasteiger partial charge in [0.25, 0.3) is 0 Å². The van der Waals surface area contributed by atoms with E-state index in [1.807, 2.05) is 21.6 Å². The van der Waals surface area contributed by atoms with E-state index in [0.29, 0.717) is 0 Å². The van der Waals surface area contributed by atoms with Crippen LogP contribution in [0.4, 0.5) is 0 Å². The van der Waals surface area contributed by atoms with Gasteiger partial charge in [-0.05, 0) is 24.6 Å². The standard InChI is InChI=1S/C9H12S2/c1-3-10-11-9-6-4-5-8(2)7-9/h4-7H,3H2,1-2H3. The van der Waals surface area contributed by atoms with Gasteiger partial charge in [-0.25, -0.2) is 0 Å². The van der Waals surface area contributed by atoms with E-state index in [4.69, 9.17) is 0 Å². The van der Waals surface area contributed by atoms with Gasteiger partial charge in [-0.1, -0.05) is 40.6 Å². The minimum atomic E-state index is 1.17. The predicted octanol–water partition coefficient (Wildman–Crippen LogP) is 3.76. The molecule has 0 nitrogen and oxygen atoms in total. The highest BCUT2D eigenvalue weighted by molar-refractivity contribution is 8.76. The normalized spacial score (nSPS) is 10.0. The Morgan fingerprint density at radius 3 is 2.82 bits per heavy atom. The number of benzene rings is 1. The van der Waals surface area contributed by atoms with Crippen LogP contribution in [-0.4, -0.2) is 5.75 Å². The lowest BCUT2D eigenvalue weighted by atomic mass is 10.2. The van der Waals surface area contributed by atoms with Crippen LogP contribution in [0.3, 0.4) is 0 Å². The second kappa shape index (κ2) is 4.73. The number of hydrogen-bond acceptors (Lipinski definition) is 2. The molecule has 1 aromatic rings. The van der Waals surface area contributed by atoms with Gasteiger partial charge in [0.15, 0.2) is 0 Å². The van der Waals surface area contributed by atoms with Crippen LogP contribution in [0.2, 0.25) is 0 Å². The lowest BCUT2D eigenvalue weighted by Gasteiger charge is -1.98. The molecule has 0 aromatic heterocycles. The van der Waals surface area contributed by atoms with E-state index in [1.54, 1.807) is 0 Å². The van der Waals surface area contributed by atoms with Gasteiger partial charge in [-0.15, -0.1) is 0 Å². The van der Waals surface area contributed by atoms with Crippen LogP contribution >= 0.6 is 21.6 Å². The lowest BCUT2D eigenvalue weighted by Crippen LogP contribution is -1.71. The molecule has 60 valence electrons. The van der Waals surface area contributed by atoms with Crippen LogP contribution in [0.5, 0.6) is 0 Å². The Bertz CT molecular complexity index is 221. The molecular formula is C9H12S2. The number of hydrogen-bond donors (Lipinski definition) is 0. The fourth-order valence-electron chi connectivity index (χ4n) is 0.794. The van der Waals surface area contributed by atoms with Crippen molar-refractivity contribution < 1.29 is 0 Å². The molecule has 1 aromatic carbocycles. The SMILES string of the molecule is CCSSc1cccc(C)c1. The molecule has 0 unspecified atom stereocenters. The van der Waals surface area contributed by atoms with Crippen molar-refractivity contribution in [1.29, 1.82) is 0 Å². The average molecular weight is 184 g/mol. The molecule has 0 atom stereocenters. The van der Waals surface area contributed by atoms with Gasteiger partial charge >= 0.3 is 0 Å². The van der Waals surface area contributed by atoms with Gasteiger partial charge < -0.3 is 0 Å². The summed E-state index contributed by atoms with van der Waals surface area (Å²) in [4.78, 5) is 1.36. The van der Waals surface area contributed by atoms with Crippen LogP contribution in [0, 0.1) is 6.92 Å². The molecule has 0 heterocycles. The molecular weight excluding hydrogens is 172 g/mol. The third-order valence-electron chi connectivity index (χ3n) is 1.26. The zero-order valence-electron chi connectivity index (χ0n) is 6.83. The van der Waals surface area contributed by atoms with Crippen molar-refractivity contribution in [3.8, 4) is 0 Å². The molecule has 0 aliphatic carbocycles. The molecule has 0 aliphatic rings. The van der Waals surface area contributed by atoms with E-state index in [-0.39, 0.29) is 0 Å². The van der Waals surface area contributed by atoms with Crippen molar-refractivity contribution in [3.05, 3.63) is 29.8 Å². The first-order chi connectivity index (χ1) is 5.33. The van der Waals surface area contributed by atoms with Gasteiger partial charge in [-0.3, -0.25) is 0 Å². The first kappa shape index (κ1) is 9.01. The van der Waals surface area contributed by atoms with Gasteiger partial charge in [-0.2, -0.15) is 0 Å². The maximum atomic E-state index is 2.22. The zero-order valence-corrected chi connectivity index (χ0v) is 8.47. The molecule has 0 bridgehead atoms. The van der Waals surface area contributed by atoms with E-state index in [0.717, 1.165) is 0 Å². The summed E-state index contributed by atoms with van der Waals surface area (Å²) in [5.74, 6) is 1.17. The summed E-state index contributed by atoms with van der Waals surface area (Å²) in [6.45, 7) is 4.30. The van der Waals surface area contributed by atoms with Crippen molar-refractivity contribution in [2.45, 2.75) is 18.7 Å². The fourth-order valence-corrected chi connectivity index (χ4v) is 2.49. The second-order valence-electron chi connectivity index (χ2n) is 2.31. The van der Waals surface area contributed by atoms with Crippen LogP contribution in [0.1, 0.15) is 12.5 Å². The summed E-state index contributed by atoms with van der Waals surface area (Å²) in [6, 6.07) is 8.60.